The summed E-state index contributed by atoms with van der Waals surface area (Å²) in [4.78, 5) is 57.4. The minimum absolute atomic E-state index is 0.0422. The Morgan fingerprint density at radius 3 is 2.32 bits per heavy atom. The van der Waals surface area contributed by atoms with Crippen LogP contribution in [0.2, 0.25) is 0 Å². The van der Waals surface area contributed by atoms with Crippen LogP contribution in [0.1, 0.15) is 118 Å². The number of amides is 3. The van der Waals surface area contributed by atoms with Crippen molar-refractivity contribution >= 4 is 45.7 Å². The van der Waals surface area contributed by atoms with Crippen LogP contribution < -0.4 is 20.3 Å². The van der Waals surface area contributed by atoms with E-state index in [1.807, 2.05) is 6.92 Å². The molecule has 0 aliphatic carbocycles. The summed E-state index contributed by atoms with van der Waals surface area (Å²) in [6.07, 6.45) is 16.0. The van der Waals surface area contributed by atoms with Crippen LogP contribution in [0.15, 0.2) is 48.7 Å². The number of pyridine rings is 1. The van der Waals surface area contributed by atoms with E-state index in [9.17, 15) is 28.3 Å². The maximum Gasteiger partial charge on any atom is 0.318 e. The van der Waals surface area contributed by atoms with Crippen molar-refractivity contribution in [2.75, 3.05) is 64.4 Å². The van der Waals surface area contributed by atoms with Gasteiger partial charge in [0.1, 0.15) is 34.4 Å². The van der Waals surface area contributed by atoms with Crippen LogP contribution in [0, 0.1) is 17.5 Å². The highest BCUT2D eigenvalue weighted by atomic mass is 19.1. The van der Waals surface area contributed by atoms with Crippen LogP contribution in [0.4, 0.5) is 19.0 Å². The molecule has 7 heterocycles. The number of methoxy groups -OCH3 is 1. The number of halogens is 3. The molecular weight excluding hydrogens is 912 g/mol. The van der Waals surface area contributed by atoms with Crippen molar-refractivity contribution in [2.24, 2.45) is 0 Å². The Kier molecular flexibility index (Phi) is 16.0. The van der Waals surface area contributed by atoms with Gasteiger partial charge in [0.25, 0.3) is 5.91 Å². The molecule has 0 spiro atoms. The summed E-state index contributed by atoms with van der Waals surface area (Å²) in [7, 11) is 1.44. The van der Waals surface area contributed by atoms with Gasteiger partial charge in [0, 0.05) is 66.9 Å². The number of unbranched alkanes of at least 4 members (excludes halogenated alkanes) is 4. The molecule has 3 aromatic carbocycles. The molecule has 2 aromatic heterocycles. The Bertz CT molecular complexity index is 2720. The third-order valence-corrected chi connectivity index (χ3v) is 15.3. The van der Waals surface area contributed by atoms with E-state index >= 15 is 4.39 Å². The van der Waals surface area contributed by atoms with Gasteiger partial charge in [-0.2, -0.15) is 9.97 Å². The number of piperidine rings is 1. The number of hydrogen-bond acceptors (Lipinski definition) is 12. The summed E-state index contributed by atoms with van der Waals surface area (Å²) >= 11 is 0. The predicted molar refractivity (Wildman–Crippen MR) is 267 cm³/mol. The zero-order valence-electron chi connectivity index (χ0n) is 40.9. The lowest BCUT2D eigenvalue weighted by Crippen LogP contribution is -2.51. The van der Waals surface area contributed by atoms with Gasteiger partial charge in [-0.3, -0.25) is 24.7 Å². The number of fused-ring (bicyclic) bond motifs is 5. The molecule has 0 saturated carbocycles. The van der Waals surface area contributed by atoms with Crippen molar-refractivity contribution in [3.63, 3.8) is 0 Å². The van der Waals surface area contributed by atoms with Gasteiger partial charge in [0.15, 0.2) is 5.82 Å². The number of likely N-dealkylation sites (tertiary alicyclic amines) is 2. The third kappa shape index (κ3) is 11.4. The van der Waals surface area contributed by atoms with Crippen molar-refractivity contribution in [3.05, 3.63) is 82.8 Å². The van der Waals surface area contributed by atoms with Gasteiger partial charge in [-0.25, -0.2) is 13.2 Å². The Labute approximate surface area is 413 Å². The average molecular weight is 978 g/mol. The SMILES string of the molecule is CC(CCC(=O)NC=O)N1Cc2c(cc(F)cc2C2CCN(CCCCCCCN3CCCC3)CC2)C1=O.COc1nc(N2CC3CCC(C2)N3)c2cnc(-c3cc(O)cc4cccc(F)c34)c(F)c2n1. The van der Waals surface area contributed by atoms with E-state index in [0.717, 1.165) is 69.5 Å². The molecule has 71 heavy (non-hydrogen) atoms. The molecule has 2 bridgehead atoms. The number of aromatic nitrogens is 3. The fourth-order valence-electron chi connectivity index (χ4n) is 11.5. The molecule has 3 N–H and O–H groups in total. The topological polar surface area (TPSA) is 156 Å². The van der Waals surface area contributed by atoms with E-state index in [-0.39, 0.29) is 69.9 Å². The second-order valence-corrected chi connectivity index (χ2v) is 20.1. The van der Waals surface area contributed by atoms with Crippen LogP contribution in [-0.2, 0) is 16.1 Å². The lowest BCUT2D eigenvalue weighted by atomic mass is 9.85. The number of benzene rings is 3. The van der Waals surface area contributed by atoms with E-state index in [4.69, 9.17) is 4.74 Å². The molecule has 3 unspecified atom stereocenters. The number of carbonyl (C=O) groups excluding carboxylic acids is 3. The van der Waals surface area contributed by atoms with E-state index in [0.29, 0.717) is 53.6 Å². The van der Waals surface area contributed by atoms with E-state index in [1.54, 1.807) is 17.0 Å². The highest BCUT2D eigenvalue weighted by molar-refractivity contribution is 6.01. The zero-order chi connectivity index (χ0) is 49.6. The highest BCUT2D eigenvalue weighted by Crippen LogP contribution is 2.40. The minimum atomic E-state index is -0.720. The van der Waals surface area contributed by atoms with Crippen LogP contribution in [-0.4, -0.2) is 131 Å². The molecule has 5 aromatic rings. The summed E-state index contributed by atoms with van der Waals surface area (Å²) in [6, 6.07) is 10.8. The Morgan fingerprint density at radius 2 is 1.62 bits per heavy atom. The first-order chi connectivity index (χ1) is 34.5. The molecule has 3 amide bonds. The number of anilines is 1. The normalized spacial score (nSPS) is 19.8. The standard InChI is InChI=1S/C30H45FN4O3.C24H21F2N5O2/c1-23(9-10-29(37)32-22-36)35-21-28-26(19-25(31)20-27(28)30(35)38)24-11-17-34(18-12-24)14-6-4-2-3-5-13-33-15-7-8-16-33;1-33-24-29-22-17(23(30-24)31-10-13-5-6-14(11-31)28-13)9-27-21(20(22)26)16-8-15(32)7-12-3-2-4-18(25)19(12)16/h19-20,22-24H,2-18,21H2,1H3,(H,32,36,37);2-4,7-9,13-14,28,32H,5-6,10-11H2,1H3. The number of piperazine rings is 1. The first kappa shape index (κ1) is 50.0. The first-order valence-corrected chi connectivity index (χ1v) is 25.6. The molecule has 3 atom stereocenters. The lowest BCUT2D eigenvalue weighted by molar-refractivity contribution is -0.125. The fraction of sp³-hybridized carbons (Fsp3) is 0.519. The molecule has 0 radical (unpaired) electrons. The van der Waals surface area contributed by atoms with E-state index < -0.39 is 11.6 Å². The van der Waals surface area contributed by atoms with Crippen molar-refractivity contribution in [2.45, 2.75) is 121 Å². The summed E-state index contributed by atoms with van der Waals surface area (Å²) in [5.74, 6) is -1.39. The smallest absolute Gasteiger partial charge is 0.318 e. The van der Waals surface area contributed by atoms with Gasteiger partial charge in [-0.15, -0.1) is 0 Å². The second kappa shape index (κ2) is 22.7. The molecule has 17 heteroatoms. The number of phenolic OH excluding ortho intramolecular Hbond substituents is 1. The number of imide groups is 1. The molecular formula is C54H66F3N9O5. The van der Waals surface area contributed by atoms with Crippen LogP contribution >= 0.6 is 0 Å². The van der Waals surface area contributed by atoms with Gasteiger partial charge < -0.3 is 34.8 Å². The summed E-state index contributed by atoms with van der Waals surface area (Å²) in [5.41, 5.74) is 2.51. The van der Waals surface area contributed by atoms with Gasteiger partial charge in [0.2, 0.25) is 12.3 Å². The quantitative estimate of drug-likeness (QED) is 0.0607. The second-order valence-electron chi connectivity index (χ2n) is 20.1. The van der Waals surface area contributed by atoms with Crippen LogP contribution in [0.3, 0.4) is 0 Å². The summed E-state index contributed by atoms with van der Waals surface area (Å²) in [6.45, 7) is 10.9. The van der Waals surface area contributed by atoms with Crippen molar-refractivity contribution < 1.29 is 37.4 Å². The molecule has 5 aliphatic heterocycles. The number of ether oxygens (including phenoxy) is 1. The molecule has 14 nitrogen and oxygen atoms in total. The largest absolute Gasteiger partial charge is 0.508 e. The Morgan fingerprint density at radius 1 is 0.915 bits per heavy atom. The zero-order valence-corrected chi connectivity index (χ0v) is 40.9. The number of carbonyl (C=O) groups is 3. The first-order valence-electron chi connectivity index (χ1n) is 25.6. The average Bonchev–Trinajstić information content (AvgIpc) is 4.11. The van der Waals surface area contributed by atoms with Gasteiger partial charge in [0.05, 0.1) is 12.5 Å². The molecule has 378 valence electrons. The lowest BCUT2D eigenvalue weighted by Gasteiger charge is -2.34. The van der Waals surface area contributed by atoms with E-state index in [1.165, 1.54) is 108 Å². The van der Waals surface area contributed by atoms with Gasteiger partial charge >= 0.3 is 6.01 Å². The van der Waals surface area contributed by atoms with Crippen molar-refractivity contribution in [1.29, 1.82) is 0 Å². The number of nitrogens with zero attached hydrogens (tertiary/aromatic N) is 7. The maximum atomic E-state index is 15.9. The number of rotatable bonds is 17. The molecule has 5 aliphatic rings. The third-order valence-electron chi connectivity index (χ3n) is 15.3. The monoisotopic (exact) mass is 978 g/mol. The molecule has 10 rings (SSSR count). The Balaban J connectivity index is 0.000000177. The van der Waals surface area contributed by atoms with Crippen molar-refractivity contribution in [1.82, 2.24) is 40.3 Å². The number of aromatic hydroxyl groups is 1. The maximum absolute atomic E-state index is 15.9. The molecule has 4 saturated heterocycles. The molecule has 4 fully saturated rings. The highest BCUT2D eigenvalue weighted by Gasteiger charge is 2.37. The van der Waals surface area contributed by atoms with Gasteiger partial charge in [-0.1, -0.05) is 31.4 Å². The van der Waals surface area contributed by atoms with Crippen LogP contribution in [0.25, 0.3) is 32.9 Å². The van der Waals surface area contributed by atoms with Gasteiger partial charge in [-0.05, 0) is 157 Å². The van der Waals surface area contributed by atoms with E-state index in [2.05, 4.69) is 40.3 Å². The number of nitrogens with one attached hydrogen (secondary N) is 2. The summed E-state index contributed by atoms with van der Waals surface area (Å²) in [5, 5.41) is 17.0. The summed E-state index contributed by atoms with van der Waals surface area (Å²) < 4.78 is 50.5. The number of phenols is 1. The van der Waals surface area contributed by atoms with Crippen molar-refractivity contribution in [3.8, 4) is 23.0 Å². The Hall–Kier alpha value is -5.91. The fourth-order valence-corrected chi connectivity index (χ4v) is 11.5. The van der Waals surface area contributed by atoms with Crippen LogP contribution in [0.5, 0.6) is 11.8 Å². The number of hydrogen-bond donors (Lipinski definition) is 3. The predicted octanol–water partition coefficient (Wildman–Crippen LogP) is 8.23. The minimum Gasteiger partial charge on any atom is -0.508 e.